The summed E-state index contributed by atoms with van der Waals surface area (Å²) >= 11 is 0. The van der Waals surface area contributed by atoms with Crippen molar-refractivity contribution in [2.45, 2.75) is 33.1 Å². The first-order chi connectivity index (χ1) is 10.8. The van der Waals surface area contributed by atoms with E-state index in [1.165, 1.54) is 18.1 Å². The van der Waals surface area contributed by atoms with Gasteiger partial charge in [-0.1, -0.05) is 26.0 Å². The van der Waals surface area contributed by atoms with Crippen LogP contribution in [0, 0.1) is 11.7 Å². The lowest BCUT2D eigenvalue weighted by atomic mass is 10.1. The quantitative estimate of drug-likeness (QED) is 0.758. The second kappa shape index (κ2) is 9.12. The van der Waals surface area contributed by atoms with E-state index in [4.69, 9.17) is 9.84 Å². The van der Waals surface area contributed by atoms with E-state index in [9.17, 15) is 14.0 Å². The molecule has 1 aromatic carbocycles. The Balaban J connectivity index is 2.69. The van der Waals surface area contributed by atoms with Crippen molar-refractivity contribution in [2.75, 3.05) is 20.2 Å². The number of carbonyl (C=O) groups is 2. The summed E-state index contributed by atoms with van der Waals surface area (Å²) in [5.74, 6) is -1.17. The van der Waals surface area contributed by atoms with Crippen molar-refractivity contribution in [3.8, 4) is 5.75 Å². The molecule has 0 spiro atoms. The number of hydrogen-bond donors (Lipinski definition) is 1. The molecule has 0 aliphatic carbocycles. The zero-order valence-electron chi connectivity index (χ0n) is 13.8. The summed E-state index contributed by atoms with van der Waals surface area (Å²) in [6, 6.07) is 4.83. The number of hydrogen-bond acceptors (Lipinski definition) is 3. The number of aliphatic carboxylic acids is 1. The maximum atomic E-state index is 14.1. The van der Waals surface area contributed by atoms with Gasteiger partial charge >= 0.3 is 5.97 Å². The number of carboxylic acid groups (broad SMARTS) is 1. The zero-order valence-corrected chi connectivity index (χ0v) is 13.8. The van der Waals surface area contributed by atoms with E-state index in [0.29, 0.717) is 12.1 Å². The summed E-state index contributed by atoms with van der Waals surface area (Å²) in [5, 5.41) is 8.78. The third kappa shape index (κ3) is 6.26. The fourth-order valence-corrected chi connectivity index (χ4v) is 2.30. The topological polar surface area (TPSA) is 66.8 Å². The minimum absolute atomic E-state index is 0.0913. The maximum absolute atomic E-state index is 14.1. The number of ether oxygens (including phenoxy) is 1. The van der Waals surface area contributed by atoms with Crippen LogP contribution in [0.15, 0.2) is 18.2 Å². The van der Waals surface area contributed by atoms with Crippen LogP contribution in [-0.2, 0) is 16.0 Å². The number of methoxy groups -OCH3 is 1. The molecule has 0 aliphatic heterocycles. The van der Waals surface area contributed by atoms with Crippen molar-refractivity contribution in [1.29, 1.82) is 0 Å². The molecule has 0 heterocycles. The van der Waals surface area contributed by atoms with E-state index < -0.39 is 11.8 Å². The van der Waals surface area contributed by atoms with Crippen molar-refractivity contribution in [2.24, 2.45) is 5.92 Å². The van der Waals surface area contributed by atoms with Crippen LogP contribution < -0.4 is 4.74 Å². The molecule has 1 N–H and O–H groups in total. The number of nitrogens with zero attached hydrogens (tertiary/aromatic N) is 1. The third-order valence-corrected chi connectivity index (χ3v) is 3.41. The summed E-state index contributed by atoms with van der Waals surface area (Å²) in [6.07, 6.45) is 0.298. The van der Waals surface area contributed by atoms with Crippen LogP contribution in [0.5, 0.6) is 5.75 Å². The Bertz CT molecular complexity index is 545. The van der Waals surface area contributed by atoms with Gasteiger partial charge in [-0.05, 0) is 24.0 Å². The van der Waals surface area contributed by atoms with Gasteiger partial charge in [0.25, 0.3) is 0 Å². The van der Waals surface area contributed by atoms with Crippen LogP contribution in [0.2, 0.25) is 0 Å². The SMILES string of the molecule is COc1cccc(CCC(=O)N(CCC(=O)O)CC(C)C)c1F. The molecule has 1 amide bonds. The average molecular weight is 325 g/mol. The first kappa shape index (κ1) is 18.9. The number of carbonyl (C=O) groups excluding carboxylic acids is 1. The van der Waals surface area contributed by atoms with Gasteiger partial charge in [0.2, 0.25) is 5.91 Å². The van der Waals surface area contributed by atoms with Gasteiger partial charge in [-0.2, -0.15) is 0 Å². The molecule has 0 unspecified atom stereocenters. The van der Waals surface area contributed by atoms with Crippen LogP contribution in [-0.4, -0.2) is 42.1 Å². The first-order valence-electron chi connectivity index (χ1n) is 7.66. The van der Waals surface area contributed by atoms with Gasteiger partial charge in [0.1, 0.15) is 0 Å². The van der Waals surface area contributed by atoms with E-state index in [1.54, 1.807) is 12.1 Å². The molecule has 5 nitrogen and oxygen atoms in total. The van der Waals surface area contributed by atoms with Crippen molar-refractivity contribution < 1.29 is 23.8 Å². The standard InChI is InChI=1S/C17H24FNO4/c1-12(2)11-19(10-9-16(21)22)15(20)8-7-13-5-4-6-14(23-3)17(13)18/h4-6,12H,7-11H2,1-3H3,(H,21,22). The molecule has 1 rings (SSSR count). The lowest BCUT2D eigenvalue weighted by molar-refractivity contribution is -0.138. The fourth-order valence-electron chi connectivity index (χ4n) is 2.30. The molecule has 0 aromatic heterocycles. The zero-order chi connectivity index (χ0) is 17.4. The minimum Gasteiger partial charge on any atom is -0.494 e. The number of carboxylic acids is 1. The molecule has 128 valence electrons. The van der Waals surface area contributed by atoms with Gasteiger partial charge in [-0.25, -0.2) is 4.39 Å². The van der Waals surface area contributed by atoms with Gasteiger partial charge in [-0.3, -0.25) is 9.59 Å². The van der Waals surface area contributed by atoms with Crippen LogP contribution in [0.3, 0.4) is 0 Å². The summed E-state index contributed by atoms with van der Waals surface area (Å²) < 4.78 is 19.0. The monoisotopic (exact) mass is 325 g/mol. The molecule has 23 heavy (non-hydrogen) atoms. The molecule has 0 radical (unpaired) electrons. The molecule has 0 fully saturated rings. The normalized spacial score (nSPS) is 10.7. The Morgan fingerprint density at radius 1 is 1.30 bits per heavy atom. The minimum atomic E-state index is -0.939. The Morgan fingerprint density at radius 3 is 2.57 bits per heavy atom. The smallest absolute Gasteiger partial charge is 0.305 e. The van der Waals surface area contributed by atoms with Gasteiger partial charge in [0.15, 0.2) is 11.6 Å². The maximum Gasteiger partial charge on any atom is 0.305 e. The lowest BCUT2D eigenvalue weighted by Gasteiger charge is -2.24. The molecule has 6 heteroatoms. The Morgan fingerprint density at radius 2 is 2.00 bits per heavy atom. The highest BCUT2D eigenvalue weighted by Gasteiger charge is 2.17. The average Bonchev–Trinajstić information content (AvgIpc) is 2.49. The summed E-state index contributed by atoms with van der Waals surface area (Å²) in [4.78, 5) is 24.6. The largest absolute Gasteiger partial charge is 0.494 e. The number of benzene rings is 1. The highest BCUT2D eigenvalue weighted by molar-refractivity contribution is 5.77. The van der Waals surface area contributed by atoms with Crippen LogP contribution in [0.1, 0.15) is 32.3 Å². The van der Waals surface area contributed by atoms with Crippen molar-refractivity contribution >= 4 is 11.9 Å². The fraction of sp³-hybridized carbons (Fsp3) is 0.529. The van der Waals surface area contributed by atoms with E-state index in [2.05, 4.69) is 0 Å². The van der Waals surface area contributed by atoms with Gasteiger partial charge in [0.05, 0.1) is 13.5 Å². The lowest BCUT2D eigenvalue weighted by Crippen LogP contribution is -2.36. The van der Waals surface area contributed by atoms with Crippen molar-refractivity contribution in [3.63, 3.8) is 0 Å². The van der Waals surface area contributed by atoms with Crippen molar-refractivity contribution in [3.05, 3.63) is 29.6 Å². The predicted octanol–water partition coefficient (Wildman–Crippen LogP) is 2.73. The molecule has 0 saturated heterocycles. The summed E-state index contributed by atoms with van der Waals surface area (Å²) in [7, 11) is 1.39. The number of amides is 1. The van der Waals surface area contributed by atoms with Gasteiger partial charge in [0, 0.05) is 19.5 Å². The molecule has 1 aromatic rings. The summed E-state index contributed by atoms with van der Waals surface area (Å²) in [5.41, 5.74) is 0.417. The van der Waals surface area contributed by atoms with E-state index in [0.717, 1.165) is 0 Å². The molecule has 0 aliphatic rings. The van der Waals surface area contributed by atoms with Crippen LogP contribution in [0.4, 0.5) is 4.39 Å². The highest BCUT2D eigenvalue weighted by Crippen LogP contribution is 2.21. The molecular weight excluding hydrogens is 301 g/mol. The van der Waals surface area contributed by atoms with Crippen LogP contribution >= 0.6 is 0 Å². The molecular formula is C17H24FNO4. The van der Waals surface area contributed by atoms with E-state index >= 15 is 0 Å². The van der Waals surface area contributed by atoms with E-state index in [-0.39, 0.29) is 43.4 Å². The van der Waals surface area contributed by atoms with E-state index in [1.807, 2.05) is 13.8 Å². The predicted molar refractivity (Wildman–Crippen MR) is 84.9 cm³/mol. The summed E-state index contributed by atoms with van der Waals surface area (Å²) in [6.45, 7) is 4.59. The highest BCUT2D eigenvalue weighted by atomic mass is 19.1. The first-order valence-corrected chi connectivity index (χ1v) is 7.66. The Kier molecular flexibility index (Phi) is 7.51. The Labute approximate surface area is 136 Å². The molecule has 0 saturated carbocycles. The number of halogens is 1. The van der Waals surface area contributed by atoms with Gasteiger partial charge in [-0.15, -0.1) is 0 Å². The van der Waals surface area contributed by atoms with Crippen LogP contribution in [0.25, 0.3) is 0 Å². The number of rotatable bonds is 9. The third-order valence-electron chi connectivity index (χ3n) is 3.41. The second-order valence-electron chi connectivity index (χ2n) is 5.81. The molecule has 0 atom stereocenters. The second-order valence-corrected chi connectivity index (χ2v) is 5.81. The molecule has 0 bridgehead atoms. The van der Waals surface area contributed by atoms with Gasteiger partial charge < -0.3 is 14.7 Å². The Hall–Kier alpha value is -2.11. The van der Waals surface area contributed by atoms with Crippen molar-refractivity contribution in [1.82, 2.24) is 4.90 Å². The number of aryl methyl sites for hydroxylation is 1.